The number of amidine groups is 1. The Labute approximate surface area is 521 Å². The van der Waals surface area contributed by atoms with Crippen molar-refractivity contribution in [1.29, 1.82) is 0 Å². The van der Waals surface area contributed by atoms with Crippen molar-refractivity contribution in [1.82, 2.24) is 31.5 Å². The Kier molecular flexibility index (Phi) is 40.8. The minimum absolute atomic E-state index is 0.00728. The zero-order valence-corrected chi connectivity index (χ0v) is 51.6. The fraction of sp³-hybridized carbons (Fsp3) is 0.574. The molecule has 490 valence electrons. The molecule has 0 saturated carbocycles. The van der Waals surface area contributed by atoms with Crippen LogP contribution in [0.1, 0.15) is 57.4 Å². The molecule has 0 unspecified atom stereocenters. The first-order valence-electron chi connectivity index (χ1n) is 30.1. The van der Waals surface area contributed by atoms with Crippen molar-refractivity contribution in [2.45, 2.75) is 58.4 Å². The summed E-state index contributed by atoms with van der Waals surface area (Å²) in [6, 6.07) is 18.1. The lowest BCUT2D eigenvalue weighted by Gasteiger charge is -2.26. The third-order valence-corrected chi connectivity index (χ3v) is 12.7. The molecule has 1 saturated heterocycles. The van der Waals surface area contributed by atoms with Gasteiger partial charge in [0.05, 0.1) is 97.3 Å². The minimum atomic E-state index is -0.647. The predicted molar refractivity (Wildman–Crippen MR) is 334 cm³/mol. The van der Waals surface area contributed by atoms with Crippen LogP contribution >= 0.6 is 11.6 Å². The number of nitrogens with one attached hydrogen (secondary N) is 6. The molecule has 3 aromatic carbocycles. The number of halogens is 1. The van der Waals surface area contributed by atoms with E-state index in [9.17, 15) is 24.0 Å². The number of hydrogen-bond donors (Lipinski definition) is 7. The van der Waals surface area contributed by atoms with Gasteiger partial charge in [0.25, 0.3) is 0 Å². The molecule has 1 aliphatic rings. The number of allylic oxidation sites excluding steroid dienone is 1. The fourth-order valence-electron chi connectivity index (χ4n) is 7.93. The van der Waals surface area contributed by atoms with Gasteiger partial charge in [-0.3, -0.25) is 10.2 Å². The summed E-state index contributed by atoms with van der Waals surface area (Å²) in [5, 5.41) is 18.0. The van der Waals surface area contributed by atoms with Gasteiger partial charge >= 0.3 is 30.4 Å². The number of fused-ring (bicyclic) bond motifs is 1. The Bertz CT molecular complexity index is 2520. The number of alkyl halides is 1. The third kappa shape index (κ3) is 36.3. The summed E-state index contributed by atoms with van der Waals surface area (Å²) < 4.78 is 64.7. The van der Waals surface area contributed by atoms with E-state index in [2.05, 4.69) is 43.7 Å². The van der Waals surface area contributed by atoms with Crippen LogP contribution < -0.4 is 42.4 Å². The van der Waals surface area contributed by atoms with Gasteiger partial charge in [0.2, 0.25) is 0 Å². The summed E-state index contributed by atoms with van der Waals surface area (Å²) in [4.78, 5) is 68.6. The average Bonchev–Trinajstić information content (AvgIpc) is 3.23. The van der Waals surface area contributed by atoms with Gasteiger partial charge in [-0.15, -0.1) is 11.6 Å². The number of rotatable bonds is 46. The number of nitrogens with two attached hydrogens (primary N) is 1. The van der Waals surface area contributed by atoms with Crippen LogP contribution in [0.15, 0.2) is 89.6 Å². The number of morpholine rings is 1. The average molecular weight is 1260 g/mol. The number of amides is 6. The van der Waals surface area contributed by atoms with E-state index in [0.29, 0.717) is 69.0 Å². The number of aliphatic imine (C=N–C) groups is 1. The summed E-state index contributed by atoms with van der Waals surface area (Å²) in [6.07, 6.45) is 8.95. The van der Waals surface area contributed by atoms with Crippen molar-refractivity contribution < 1.29 is 80.8 Å². The van der Waals surface area contributed by atoms with E-state index >= 15 is 0 Å². The van der Waals surface area contributed by atoms with Crippen molar-refractivity contribution in [2.24, 2.45) is 10.7 Å². The number of benzene rings is 3. The molecule has 0 spiro atoms. The van der Waals surface area contributed by atoms with Crippen LogP contribution in [0.5, 0.6) is 5.75 Å². The molecule has 6 amide bonds. The summed E-state index contributed by atoms with van der Waals surface area (Å²) in [5.74, 6) is 1.66. The molecule has 8 N–H and O–H groups in total. The molecule has 26 nitrogen and oxygen atoms in total. The molecule has 0 aromatic heterocycles. The molecule has 88 heavy (non-hydrogen) atoms. The first-order chi connectivity index (χ1) is 43.1. The Morgan fingerprint density at radius 3 is 1.77 bits per heavy atom. The van der Waals surface area contributed by atoms with Gasteiger partial charge in [0, 0.05) is 74.8 Å². The highest BCUT2D eigenvalue weighted by molar-refractivity contribution is 6.17. The number of urea groups is 1. The monoisotopic (exact) mass is 1260 g/mol. The summed E-state index contributed by atoms with van der Waals surface area (Å²) >= 11 is 5.66. The number of unbranched alkanes of at least 4 members (excludes halogenated alkanes) is 4. The second-order valence-electron chi connectivity index (χ2n) is 19.4. The van der Waals surface area contributed by atoms with Crippen molar-refractivity contribution in [3.05, 3.63) is 90.2 Å². The second kappa shape index (κ2) is 48.9. The smallest absolute Gasteiger partial charge is 0.407 e. The summed E-state index contributed by atoms with van der Waals surface area (Å²) in [6.45, 7) is 11.3. The molecule has 27 heteroatoms. The zero-order chi connectivity index (χ0) is 62.8. The standard InChI is InChI=1S/C61H92ClN9O17/c1-2-3-14-50(63)47-56(70-57(72)69-54-18-19-55(53-17-7-6-16-52(53)54)84-35-26-71-24-33-81-34-25-71)68-51-15-12-13-49(46-51)48-67-61(76)88-45-43-83-41-39-80-31-22-65-59(74)86-29-11-10-28-85-58(73)64-21-30-79-38-40-82-42-44-87-60(75)66-23-32-78-37-36-77-27-9-5-4-8-20-62/h6-7,10-13,15-19,46-47H,2-5,8-9,14,20-45,48,63H2,1H3,(H,64,73)(H,65,74)(H,66,75)(H,67,76)(H2,68,69,70,72)/b11-10-,50-47?. The quantitative estimate of drug-likeness (QED) is 0.00729. The number of ether oxygens (including phenoxy) is 12. The fourth-order valence-corrected chi connectivity index (χ4v) is 8.12. The Hall–Kier alpha value is -7.01. The van der Waals surface area contributed by atoms with Crippen LogP contribution in [0.3, 0.4) is 0 Å². The number of carbonyl (C=O) groups excluding carboxylic acids is 5. The first kappa shape index (κ1) is 73.5. The molecule has 1 aliphatic heterocycles. The van der Waals surface area contributed by atoms with Crippen LogP contribution in [0.2, 0.25) is 0 Å². The molecular formula is C61H92ClN9O17. The first-order valence-corrected chi connectivity index (χ1v) is 30.6. The van der Waals surface area contributed by atoms with E-state index in [-0.39, 0.29) is 105 Å². The van der Waals surface area contributed by atoms with Crippen LogP contribution in [0, 0.1) is 0 Å². The van der Waals surface area contributed by atoms with Crippen molar-refractivity contribution in [2.75, 3.05) is 176 Å². The lowest BCUT2D eigenvalue weighted by molar-refractivity contribution is 0.0276. The van der Waals surface area contributed by atoms with Gasteiger partial charge in [0.1, 0.15) is 44.6 Å². The van der Waals surface area contributed by atoms with Gasteiger partial charge in [-0.1, -0.05) is 62.6 Å². The maximum Gasteiger partial charge on any atom is 0.407 e. The third-order valence-electron chi connectivity index (χ3n) is 12.4. The molecule has 0 aliphatic carbocycles. The largest absolute Gasteiger partial charge is 0.492 e. The van der Waals surface area contributed by atoms with Gasteiger partial charge in [0.15, 0.2) is 0 Å². The van der Waals surface area contributed by atoms with E-state index in [1.54, 1.807) is 24.3 Å². The number of nitrogens with zero attached hydrogens (tertiary/aromatic N) is 2. The molecule has 0 radical (unpaired) electrons. The minimum Gasteiger partial charge on any atom is -0.492 e. The van der Waals surface area contributed by atoms with Crippen LogP contribution in [0.4, 0.5) is 35.3 Å². The lowest BCUT2D eigenvalue weighted by Crippen LogP contribution is -2.38. The highest BCUT2D eigenvalue weighted by atomic mass is 35.5. The highest BCUT2D eigenvalue weighted by Gasteiger charge is 2.15. The van der Waals surface area contributed by atoms with Crippen molar-refractivity contribution >= 4 is 70.0 Å². The van der Waals surface area contributed by atoms with Gasteiger partial charge < -0.3 is 89.2 Å². The van der Waals surface area contributed by atoms with E-state index < -0.39 is 30.4 Å². The lowest BCUT2D eigenvalue weighted by atomic mass is 10.1. The van der Waals surface area contributed by atoms with Gasteiger partial charge in [-0.25, -0.2) is 29.0 Å². The normalized spacial score (nSPS) is 12.8. The molecule has 1 fully saturated rings. The van der Waals surface area contributed by atoms with E-state index in [0.717, 1.165) is 93.5 Å². The molecular weight excluding hydrogens is 1170 g/mol. The molecule has 0 atom stereocenters. The number of alkyl carbamates (subject to hydrolysis) is 4. The number of hydrogen-bond acceptors (Lipinski definition) is 20. The van der Waals surface area contributed by atoms with Crippen LogP contribution in [0.25, 0.3) is 10.8 Å². The Balaban J connectivity index is 0.958. The Morgan fingerprint density at radius 2 is 1.16 bits per heavy atom. The van der Waals surface area contributed by atoms with Gasteiger partial charge in [-0.2, -0.15) is 0 Å². The second-order valence-corrected chi connectivity index (χ2v) is 19.8. The number of carbonyl (C=O) groups is 5. The highest BCUT2D eigenvalue weighted by Crippen LogP contribution is 2.32. The van der Waals surface area contributed by atoms with E-state index in [4.69, 9.17) is 79.2 Å². The molecule has 3 aromatic rings. The summed E-state index contributed by atoms with van der Waals surface area (Å²) in [5.41, 5.74) is 8.79. The van der Waals surface area contributed by atoms with E-state index in [1.165, 1.54) is 12.2 Å². The van der Waals surface area contributed by atoms with Crippen LogP contribution in [-0.4, -0.2) is 212 Å². The predicted octanol–water partition coefficient (Wildman–Crippen LogP) is 7.30. The van der Waals surface area contributed by atoms with Crippen molar-refractivity contribution in [3.63, 3.8) is 0 Å². The molecule has 4 rings (SSSR count). The maximum atomic E-state index is 13.6. The van der Waals surface area contributed by atoms with Gasteiger partial charge in [-0.05, 0) is 73.7 Å². The number of anilines is 1. The van der Waals surface area contributed by atoms with E-state index in [1.807, 2.05) is 42.5 Å². The van der Waals surface area contributed by atoms with Crippen LogP contribution in [-0.2, 0) is 58.7 Å². The molecule has 1 heterocycles. The summed E-state index contributed by atoms with van der Waals surface area (Å²) in [7, 11) is 0. The Morgan fingerprint density at radius 1 is 0.602 bits per heavy atom. The maximum absolute atomic E-state index is 13.6. The topological polar surface area (TPSA) is 310 Å². The SMILES string of the molecule is CCCCC(N)=CC(=Nc1cccc(CNC(=O)OCCOCCOCCNC(=O)OC/C=C\COC(=O)NCCOCCOCCOC(=O)NCCOCCOCCCCCCCl)c1)NC(=O)Nc1ccc(OCCN2CCOCC2)c2ccccc12. The molecule has 0 bridgehead atoms. The zero-order valence-electron chi connectivity index (χ0n) is 50.8. The van der Waals surface area contributed by atoms with Crippen molar-refractivity contribution in [3.8, 4) is 5.75 Å².